The van der Waals surface area contributed by atoms with E-state index in [1.807, 2.05) is 48.2 Å². The zero-order chi connectivity index (χ0) is 19.7. The predicted octanol–water partition coefficient (Wildman–Crippen LogP) is 2.72. The normalized spacial score (nSPS) is 16.6. The Hall–Kier alpha value is -2.73. The van der Waals surface area contributed by atoms with Crippen LogP contribution in [0.25, 0.3) is 0 Å². The van der Waals surface area contributed by atoms with Crippen LogP contribution in [0.2, 0.25) is 5.02 Å². The van der Waals surface area contributed by atoms with Crippen LogP contribution in [-0.2, 0) is 9.59 Å². The molecule has 0 N–H and O–H groups in total. The maximum absolute atomic E-state index is 12.9. The lowest BCUT2D eigenvalue weighted by Gasteiger charge is -2.37. The summed E-state index contributed by atoms with van der Waals surface area (Å²) in [5, 5.41) is 0.710. The van der Waals surface area contributed by atoms with Crippen LogP contribution in [0.3, 0.4) is 0 Å². The summed E-state index contributed by atoms with van der Waals surface area (Å²) in [6.07, 6.45) is 0. The summed E-state index contributed by atoms with van der Waals surface area (Å²) in [7, 11) is 0. The van der Waals surface area contributed by atoms with E-state index in [0.29, 0.717) is 23.9 Å². The number of aryl methyl sites for hydroxylation is 1. The topological polar surface area (TPSA) is 53.1 Å². The summed E-state index contributed by atoms with van der Waals surface area (Å²) < 4.78 is 5.29. The van der Waals surface area contributed by atoms with Gasteiger partial charge in [0.1, 0.15) is 6.54 Å². The highest BCUT2D eigenvalue weighted by atomic mass is 35.5. The average Bonchev–Trinajstić information content (AvgIpc) is 2.68. The molecule has 0 spiro atoms. The molecule has 2 heterocycles. The highest BCUT2D eigenvalue weighted by Crippen LogP contribution is 2.32. The van der Waals surface area contributed by atoms with Gasteiger partial charge in [-0.2, -0.15) is 0 Å². The highest BCUT2D eigenvalue weighted by molar-refractivity contribution is 6.30. The van der Waals surface area contributed by atoms with Gasteiger partial charge < -0.3 is 19.4 Å². The van der Waals surface area contributed by atoms with Crippen molar-refractivity contribution in [1.29, 1.82) is 0 Å². The molecule has 0 radical (unpaired) electrons. The van der Waals surface area contributed by atoms with Crippen LogP contribution in [0, 0.1) is 6.92 Å². The van der Waals surface area contributed by atoms with Gasteiger partial charge in [-0.1, -0.05) is 23.7 Å². The number of carbonyl (C=O) groups is 2. The van der Waals surface area contributed by atoms with Crippen molar-refractivity contribution < 1.29 is 14.3 Å². The van der Waals surface area contributed by atoms with Gasteiger partial charge in [-0.25, -0.2) is 4.79 Å². The number of fused-ring (bicyclic) bond motifs is 1. The van der Waals surface area contributed by atoms with Crippen molar-refractivity contribution in [2.45, 2.75) is 6.92 Å². The van der Waals surface area contributed by atoms with E-state index in [1.54, 1.807) is 11.0 Å². The molecule has 0 saturated carbocycles. The fraction of sp³-hybridized carbons (Fsp3) is 0.333. The molecule has 2 aromatic rings. The SMILES string of the molecule is Cc1ccc2c(c1)N(CC(=O)N1CCN(c3cccc(Cl)c3)CC1)CC(=O)O2. The number of rotatable bonds is 3. The molecule has 4 rings (SSSR count). The largest absolute Gasteiger partial charge is 0.423 e. The number of hydrogen-bond donors (Lipinski definition) is 0. The van der Waals surface area contributed by atoms with E-state index in [2.05, 4.69) is 4.90 Å². The van der Waals surface area contributed by atoms with Crippen LogP contribution < -0.4 is 14.5 Å². The van der Waals surface area contributed by atoms with Crippen LogP contribution in [0.5, 0.6) is 5.75 Å². The first kappa shape index (κ1) is 18.6. The van der Waals surface area contributed by atoms with Crippen molar-refractivity contribution in [3.05, 3.63) is 53.1 Å². The molecule has 0 aromatic heterocycles. The summed E-state index contributed by atoms with van der Waals surface area (Å²) in [5.41, 5.74) is 2.93. The van der Waals surface area contributed by atoms with Crippen LogP contribution in [0.15, 0.2) is 42.5 Å². The third-order valence-corrected chi connectivity index (χ3v) is 5.37. The Balaban J connectivity index is 1.40. The second-order valence-corrected chi connectivity index (χ2v) is 7.59. The molecular formula is C21H22ClN3O3. The number of halogens is 1. The molecule has 6 nitrogen and oxygen atoms in total. The molecule has 28 heavy (non-hydrogen) atoms. The predicted molar refractivity (Wildman–Crippen MR) is 109 cm³/mol. The van der Waals surface area contributed by atoms with Crippen molar-refractivity contribution in [1.82, 2.24) is 4.90 Å². The maximum Gasteiger partial charge on any atom is 0.331 e. The summed E-state index contributed by atoms with van der Waals surface area (Å²) in [5.74, 6) is 0.197. The standard InChI is InChI=1S/C21H22ClN3O3/c1-15-5-6-19-18(11-15)25(14-21(27)28-19)13-20(26)24-9-7-23(8-10-24)17-4-2-3-16(22)12-17/h2-6,11-12H,7-10,13-14H2,1H3. The van der Waals surface area contributed by atoms with E-state index in [0.717, 1.165) is 30.0 Å². The molecule has 0 aliphatic carbocycles. The first-order valence-corrected chi connectivity index (χ1v) is 9.72. The molecule has 2 aliphatic heterocycles. The number of benzene rings is 2. The number of hydrogen-bond acceptors (Lipinski definition) is 5. The summed E-state index contributed by atoms with van der Waals surface area (Å²) in [6, 6.07) is 13.4. The molecule has 0 bridgehead atoms. The minimum atomic E-state index is -0.338. The highest BCUT2D eigenvalue weighted by Gasteiger charge is 2.28. The molecule has 0 atom stereocenters. The van der Waals surface area contributed by atoms with Gasteiger partial charge in [-0.3, -0.25) is 4.79 Å². The number of nitrogens with zero attached hydrogens (tertiary/aromatic N) is 3. The number of anilines is 2. The third kappa shape index (κ3) is 3.92. The number of carbonyl (C=O) groups excluding carboxylic acids is 2. The van der Waals surface area contributed by atoms with Crippen LogP contribution in [0.1, 0.15) is 5.56 Å². The Kier molecular flexibility index (Phi) is 5.13. The minimum Gasteiger partial charge on any atom is -0.423 e. The second kappa shape index (κ2) is 7.72. The van der Waals surface area contributed by atoms with Gasteiger partial charge in [0, 0.05) is 36.9 Å². The molecule has 1 amide bonds. The van der Waals surface area contributed by atoms with E-state index >= 15 is 0 Å². The lowest BCUT2D eigenvalue weighted by molar-refractivity contribution is -0.133. The van der Waals surface area contributed by atoms with Gasteiger partial charge in [0.25, 0.3) is 0 Å². The Bertz CT molecular complexity index is 910. The van der Waals surface area contributed by atoms with Crippen LogP contribution in [-0.4, -0.2) is 56.0 Å². The zero-order valence-electron chi connectivity index (χ0n) is 15.7. The van der Waals surface area contributed by atoms with Gasteiger partial charge >= 0.3 is 5.97 Å². The van der Waals surface area contributed by atoms with Crippen molar-refractivity contribution in [3.63, 3.8) is 0 Å². The number of piperazine rings is 1. The van der Waals surface area contributed by atoms with E-state index in [9.17, 15) is 9.59 Å². The van der Waals surface area contributed by atoms with E-state index in [-0.39, 0.29) is 25.0 Å². The lowest BCUT2D eigenvalue weighted by atomic mass is 10.1. The molecule has 7 heteroatoms. The number of ether oxygens (including phenoxy) is 1. The summed E-state index contributed by atoms with van der Waals surface area (Å²) in [6.45, 7) is 5.03. The fourth-order valence-electron chi connectivity index (χ4n) is 3.65. The first-order valence-electron chi connectivity index (χ1n) is 9.34. The van der Waals surface area contributed by atoms with Crippen molar-refractivity contribution in [2.24, 2.45) is 0 Å². The maximum atomic E-state index is 12.9. The van der Waals surface area contributed by atoms with Gasteiger partial charge in [-0.05, 0) is 42.8 Å². The Morgan fingerprint density at radius 3 is 2.64 bits per heavy atom. The van der Waals surface area contributed by atoms with Crippen molar-refractivity contribution in [3.8, 4) is 5.75 Å². The van der Waals surface area contributed by atoms with E-state index in [4.69, 9.17) is 16.3 Å². The number of amides is 1. The van der Waals surface area contributed by atoms with E-state index < -0.39 is 0 Å². The summed E-state index contributed by atoms with van der Waals surface area (Å²) >= 11 is 6.08. The van der Waals surface area contributed by atoms with Gasteiger partial charge in [0.05, 0.1) is 12.2 Å². The second-order valence-electron chi connectivity index (χ2n) is 7.15. The lowest BCUT2D eigenvalue weighted by Crippen LogP contribution is -2.52. The van der Waals surface area contributed by atoms with Gasteiger partial charge in [-0.15, -0.1) is 0 Å². The monoisotopic (exact) mass is 399 g/mol. The molecule has 2 aromatic carbocycles. The minimum absolute atomic E-state index is 0.0212. The quantitative estimate of drug-likeness (QED) is 0.586. The van der Waals surface area contributed by atoms with E-state index in [1.165, 1.54) is 0 Å². The Morgan fingerprint density at radius 2 is 1.89 bits per heavy atom. The Labute approximate surface area is 169 Å². The number of esters is 1. The molecular weight excluding hydrogens is 378 g/mol. The zero-order valence-corrected chi connectivity index (χ0v) is 16.5. The average molecular weight is 400 g/mol. The van der Waals surface area contributed by atoms with Crippen molar-refractivity contribution in [2.75, 3.05) is 49.1 Å². The Morgan fingerprint density at radius 1 is 1.11 bits per heavy atom. The third-order valence-electron chi connectivity index (χ3n) is 5.13. The molecule has 2 aliphatic rings. The molecule has 1 saturated heterocycles. The fourth-order valence-corrected chi connectivity index (χ4v) is 3.83. The van der Waals surface area contributed by atoms with Crippen LogP contribution in [0.4, 0.5) is 11.4 Å². The smallest absolute Gasteiger partial charge is 0.331 e. The molecule has 0 unspecified atom stereocenters. The van der Waals surface area contributed by atoms with Gasteiger partial charge in [0.15, 0.2) is 5.75 Å². The summed E-state index contributed by atoms with van der Waals surface area (Å²) in [4.78, 5) is 30.6. The first-order chi connectivity index (χ1) is 13.5. The van der Waals surface area contributed by atoms with Crippen LogP contribution >= 0.6 is 11.6 Å². The molecule has 146 valence electrons. The van der Waals surface area contributed by atoms with Gasteiger partial charge in [0.2, 0.25) is 5.91 Å². The molecule has 1 fully saturated rings. The van der Waals surface area contributed by atoms with Crippen molar-refractivity contribution >= 4 is 34.9 Å².